The van der Waals surface area contributed by atoms with Gasteiger partial charge in [0.15, 0.2) is 0 Å². The molecule has 2 rings (SSSR count). The molecule has 1 saturated heterocycles. The van der Waals surface area contributed by atoms with Crippen molar-refractivity contribution in [1.29, 1.82) is 0 Å². The van der Waals surface area contributed by atoms with Crippen LogP contribution in [-0.2, 0) is 18.2 Å². The van der Waals surface area contributed by atoms with Crippen molar-refractivity contribution < 1.29 is 4.74 Å². The van der Waals surface area contributed by atoms with Gasteiger partial charge >= 0.3 is 0 Å². The molecule has 16 heavy (non-hydrogen) atoms. The zero-order valence-corrected chi connectivity index (χ0v) is 9.59. The summed E-state index contributed by atoms with van der Waals surface area (Å²) in [6, 6.07) is 0.253. The molecule has 3 N–H and O–H groups in total. The van der Waals surface area contributed by atoms with Gasteiger partial charge in [-0.15, -0.1) is 5.10 Å². The van der Waals surface area contributed by atoms with Crippen LogP contribution in [0.15, 0.2) is 6.20 Å². The van der Waals surface area contributed by atoms with Crippen molar-refractivity contribution in [3.05, 3.63) is 11.9 Å². The second kappa shape index (κ2) is 5.38. The molecule has 0 spiro atoms. The average Bonchev–Trinajstić information content (AvgIpc) is 2.89. The third-order valence-corrected chi connectivity index (χ3v) is 2.98. The Kier molecular flexibility index (Phi) is 3.87. The normalized spacial score (nSPS) is 22.5. The number of nitrogens with two attached hydrogens (primary N) is 1. The summed E-state index contributed by atoms with van der Waals surface area (Å²) in [5.74, 6) is 6.18. The van der Waals surface area contributed by atoms with Crippen LogP contribution in [0.25, 0.3) is 0 Å². The molecule has 6 nitrogen and oxygen atoms in total. The molecule has 1 aliphatic rings. The third kappa shape index (κ3) is 3.01. The third-order valence-electron chi connectivity index (χ3n) is 2.98. The summed E-state index contributed by atoms with van der Waals surface area (Å²) in [6.07, 6.45) is 4.92. The number of nitrogens with zero attached hydrogens (tertiary/aromatic N) is 3. The molecule has 0 aromatic carbocycles. The van der Waals surface area contributed by atoms with Crippen molar-refractivity contribution in [2.45, 2.75) is 25.3 Å². The van der Waals surface area contributed by atoms with Crippen LogP contribution >= 0.6 is 0 Å². The first-order chi connectivity index (χ1) is 7.78. The molecule has 1 aromatic heterocycles. The van der Waals surface area contributed by atoms with Crippen molar-refractivity contribution in [3.63, 3.8) is 0 Å². The maximum Gasteiger partial charge on any atom is 0.0843 e. The standard InChI is InChI=1S/C10H19N5O/c1-15-6-10(13-14-15)5-9(12-11)4-8-2-3-16-7-8/h6,8-9,12H,2-5,7,11H2,1H3. The Balaban J connectivity index is 1.84. The van der Waals surface area contributed by atoms with Crippen LogP contribution in [0.2, 0.25) is 0 Å². The lowest BCUT2D eigenvalue weighted by atomic mass is 9.97. The van der Waals surface area contributed by atoms with E-state index in [-0.39, 0.29) is 6.04 Å². The van der Waals surface area contributed by atoms with Crippen molar-refractivity contribution in [1.82, 2.24) is 20.4 Å². The second-order valence-electron chi connectivity index (χ2n) is 4.42. The molecule has 90 valence electrons. The van der Waals surface area contributed by atoms with E-state index in [4.69, 9.17) is 10.6 Å². The Labute approximate surface area is 95.1 Å². The quantitative estimate of drug-likeness (QED) is 0.527. The number of aryl methyl sites for hydroxylation is 1. The molecule has 0 bridgehead atoms. The predicted molar refractivity (Wildman–Crippen MR) is 59.4 cm³/mol. The van der Waals surface area contributed by atoms with Gasteiger partial charge in [-0.1, -0.05) is 5.21 Å². The van der Waals surface area contributed by atoms with Crippen LogP contribution < -0.4 is 11.3 Å². The van der Waals surface area contributed by atoms with Crippen LogP contribution in [0.1, 0.15) is 18.5 Å². The van der Waals surface area contributed by atoms with Crippen LogP contribution in [0, 0.1) is 5.92 Å². The minimum Gasteiger partial charge on any atom is -0.381 e. The summed E-state index contributed by atoms with van der Waals surface area (Å²) >= 11 is 0. The lowest BCUT2D eigenvalue weighted by molar-refractivity contribution is 0.181. The van der Waals surface area contributed by atoms with E-state index in [2.05, 4.69) is 15.7 Å². The Bertz CT molecular complexity index is 321. The van der Waals surface area contributed by atoms with Crippen LogP contribution in [0.3, 0.4) is 0 Å². The molecular formula is C10H19N5O. The SMILES string of the molecule is Cn1cc(CC(CC2CCOC2)NN)nn1. The van der Waals surface area contributed by atoms with Crippen molar-refractivity contribution in [3.8, 4) is 0 Å². The molecule has 6 heteroatoms. The van der Waals surface area contributed by atoms with E-state index in [0.717, 1.165) is 38.2 Å². The fourth-order valence-corrected chi connectivity index (χ4v) is 2.12. The molecule has 0 amide bonds. The number of aromatic nitrogens is 3. The van der Waals surface area contributed by atoms with Gasteiger partial charge in [0.2, 0.25) is 0 Å². The van der Waals surface area contributed by atoms with Crippen molar-refractivity contribution in [2.75, 3.05) is 13.2 Å². The molecule has 1 fully saturated rings. The number of hydrazine groups is 1. The molecule has 2 heterocycles. The highest BCUT2D eigenvalue weighted by Crippen LogP contribution is 2.19. The molecule has 0 radical (unpaired) electrons. The van der Waals surface area contributed by atoms with E-state index < -0.39 is 0 Å². The number of hydrogen-bond acceptors (Lipinski definition) is 5. The Hall–Kier alpha value is -0.980. The summed E-state index contributed by atoms with van der Waals surface area (Å²) in [5.41, 5.74) is 3.83. The lowest BCUT2D eigenvalue weighted by Gasteiger charge is -2.17. The highest BCUT2D eigenvalue weighted by molar-refractivity contribution is 4.95. The maximum absolute atomic E-state index is 5.56. The number of hydrogen-bond donors (Lipinski definition) is 2. The van der Waals surface area contributed by atoms with E-state index in [0.29, 0.717) is 5.92 Å². The topological polar surface area (TPSA) is 78.0 Å². The summed E-state index contributed by atoms with van der Waals surface area (Å²) < 4.78 is 7.07. The zero-order valence-electron chi connectivity index (χ0n) is 9.59. The highest BCUT2D eigenvalue weighted by Gasteiger charge is 2.20. The van der Waals surface area contributed by atoms with Crippen molar-refractivity contribution in [2.24, 2.45) is 18.8 Å². The monoisotopic (exact) mass is 225 g/mol. The number of rotatable bonds is 5. The van der Waals surface area contributed by atoms with E-state index in [1.54, 1.807) is 4.68 Å². The fraction of sp³-hybridized carbons (Fsp3) is 0.800. The van der Waals surface area contributed by atoms with Gasteiger partial charge in [0.25, 0.3) is 0 Å². The Morgan fingerprint density at radius 3 is 3.19 bits per heavy atom. The first-order valence-corrected chi connectivity index (χ1v) is 5.67. The molecule has 1 aliphatic heterocycles. The first-order valence-electron chi connectivity index (χ1n) is 5.67. The Morgan fingerprint density at radius 1 is 1.75 bits per heavy atom. The minimum atomic E-state index is 0.253. The van der Waals surface area contributed by atoms with Crippen LogP contribution in [0.4, 0.5) is 0 Å². The second-order valence-corrected chi connectivity index (χ2v) is 4.42. The molecule has 2 atom stereocenters. The summed E-state index contributed by atoms with van der Waals surface area (Å²) in [7, 11) is 1.87. The summed E-state index contributed by atoms with van der Waals surface area (Å²) in [4.78, 5) is 0. The lowest BCUT2D eigenvalue weighted by Crippen LogP contribution is -2.38. The van der Waals surface area contributed by atoms with Gasteiger partial charge in [-0.2, -0.15) is 0 Å². The van der Waals surface area contributed by atoms with Gasteiger partial charge in [-0.3, -0.25) is 16.0 Å². The summed E-state index contributed by atoms with van der Waals surface area (Å²) in [6.45, 7) is 1.74. The van der Waals surface area contributed by atoms with Gasteiger partial charge in [0.1, 0.15) is 0 Å². The first kappa shape index (κ1) is 11.5. The molecule has 0 aliphatic carbocycles. The Morgan fingerprint density at radius 2 is 2.62 bits per heavy atom. The van der Waals surface area contributed by atoms with E-state index >= 15 is 0 Å². The minimum absolute atomic E-state index is 0.253. The van der Waals surface area contributed by atoms with Gasteiger partial charge in [-0.05, 0) is 18.8 Å². The average molecular weight is 225 g/mol. The van der Waals surface area contributed by atoms with Gasteiger partial charge < -0.3 is 4.74 Å². The molecule has 0 saturated carbocycles. The fourth-order valence-electron chi connectivity index (χ4n) is 2.12. The zero-order chi connectivity index (χ0) is 11.4. The number of nitrogens with one attached hydrogen (secondary N) is 1. The number of ether oxygens (including phenoxy) is 1. The smallest absolute Gasteiger partial charge is 0.0843 e. The molecule has 1 aromatic rings. The van der Waals surface area contributed by atoms with E-state index in [9.17, 15) is 0 Å². The maximum atomic E-state index is 5.56. The van der Waals surface area contributed by atoms with Gasteiger partial charge in [0.05, 0.1) is 5.69 Å². The van der Waals surface area contributed by atoms with Crippen molar-refractivity contribution >= 4 is 0 Å². The highest BCUT2D eigenvalue weighted by atomic mass is 16.5. The van der Waals surface area contributed by atoms with Gasteiger partial charge in [0, 0.05) is 38.9 Å². The molecular weight excluding hydrogens is 206 g/mol. The van der Waals surface area contributed by atoms with E-state index in [1.165, 1.54) is 0 Å². The van der Waals surface area contributed by atoms with E-state index in [1.807, 2.05) is 13.2 Å². The summed E-state index contributed by atoms with van der Waals surface area (Å²) in [5, 5.41) is 7.97. The molecule has 2 unspecified atom stereocenters. The van der Waals surface area contributed by atoms with Crippen LogP contribution in [0.5, 0.6) is 0 Å². The predicted octanol–water partition coefficient (Wildman–Crippen LogP) is -0.384. The van der Waals surface area contributed by atoms with Gasteiger partial charge in [-0.25, -0.2) is 0 Å². The van der Waals surface area contributed by atoms with Crippen LogP contribution in [-0.4, -0.2) is 34.2 Å². The largest absolute Gasteiger partial charge is 0.381 e.